The molecule has 0 aliphatic carbocycles. The van der Waals surface area contributed by atoms with Gasteiger partial charge in [0.25, 0.3) is 11.9 Å². The minimum absolute atomic E-state index is 0.0360. The molecule has 0 bridgehead atoms. The number of alkyl halides is 1. The average molecular weight is 515 g/mol. The maximum absolute atomic E-state index is 13.4. The first-order valence-corrected chi connectivity index (χ1v) is 12.6. The van der Waals surface area contributed by atoms with E-state index in [1.807, 2.05) is 0 Å². The van der Waals surface area contributed by atoms with Crippen molar-refractivity contribution in [2.75, 3.05) is 11.5 Å². The molecule has 1 aliphatic heterocycles. The fourth-order valence-electron chi connectivity index (χ4n) is 4.14. The van der Waals surface area contributed by atoms with E-state index in [0.717, 1.165) is 12.4 Å². The number of ether oxygens (including phenoxy) is 1. The van der Waals surface area contributed by atoms with E-state index >= 15 is 0 Å². The minimum Gasteiger partial charge on any atom is -0.461 e. The highest BCUT2D eigenvalue weighted by atomic mass is 32.2. The van der Waals surface area contributed by atoms with Crippen LogP contribution in [0.4, 0.5) is 8.78 Å². The molecular weight excluding hydrogens is 494 g/mol. The van der Waals surface area contributed by atoms with Crippen LogP contribution < -0.4 is 10.1 Å². The van der Waals surface area contributed by atoms with Crippen molar-refractivity contribution >= 4 is 26.8 Å². The standard InChI is InChI=1S/C23H20F2N6O4S/c1-13(24)35-17-5-3-4-14(6-17)19-20-18(31(30-19)22-27-9-16(25)10-28-22)7-15(8-26-20)21(32)29-23(2)11-36(33,34)12-23/h3-10,13H,11-12H2,1-2H3,(H,29,32). The van der Waals surface area contributed by atoms with Crippen molar-refractivity contribution in [3.63, 3.8) is 0 Å². The number of aromatic nitrogens is 5. The summed E-state index contributed by atoms with van der Waals surface area (Å²) in [4.78, 5) is 25.3. The summed E-state index contributed by atoms with van der Waals surface area (Å²) in [5, 5.41) is 7.29. The summed E-state index contributed by atoms with van der Waals surface area (Å²) >= 11 is 0. The molecule has 1 aliphatic rings. The van der Waals surface area contributed by atoms with Gasteiger partial charge in [0.1, 0.15) is 17.0 Å². The van der Waals surface area contributed by atoms with E-state index in [9.17, 15) is 22.0 Å². The minimum atomic E-state index is -3.16. The topological polar surface area (TPSA) is 129 Å². The van der Waals surface area contributed by atoms with Crippen molar-refractivity contribution in [2.24, 2.45) is 0 Å². The molecule has 5 rings (SSSR count). The molecule has 1 N–H and O–H groups in total. The van der Waals surface area contributed by atoms with E-state index < -0.39 is 33.5 Å². The number of sulfone groups is 1. The first kappa shape index (κ1) is 23.7. The Hall–Kier alpha value is -4.00. The van der Waals surface area contributed by atoms with Gasteiger partial charge in [0.15, 0.2) is 15.7 Å². The lowest BCUT2D eigenvalue weighted by atomic mass is 10.1. The van der Waals surface area contributed by atoms with Crippen LogP contribution in [-0.2, 0) is 9.84 Å². The highest BCUT2D eigenvalue weighted by Crippen LogP contribution is 2.31. The van der Waals surface area contributed by atoms with Crippen LogP contribution in [-0.4, -0.2) is 62.5 Å². The van der Waals surface area contributed by atoms with Gasteiger partial charge in [-0.25, -0.2) is 27.2 Å². The molecule has 1 amide bonds. The lowest BCUT2D eigenvalue weighted by Gasteiger charge is -2.38. The Morgan fingerprint density at radius 1 is 1.17 bits per heavy atom. The van der Waals surface area contributed by atoms with Gasteiger partial charge in [-0.15, -0.1) is 0 Å². The summed E-state index contributed by atoms with van der Waals surface area (Å²) in [6.07, 6.45) is 1.79. The third-order valence-corrected chi connectivity index (χ3v) is 7.63. The highest BCUT2D eigenvalue weighted by Gasteiger charge is 2.45. The SMILES string of the molecule is CC(F)Oc1cccc(-c2nn(-c3ncc(F)cn3)c3cc(C(=O)NC4(C)CS(=O)(=O)C4)cnc23)c1. The zero-order chi connectivity index (χ0) is 25.7. The van der Waals surface area contributed by atoms with Gasteiger partial charge in [-0.05, 0) is 25.1 Å². The van der Waals surface area contributed by atoms with E-state index in [1.165, 1.54) is 23.9 Å². The first-order valence-electron chi connectivity index (χ1n) is 10.8. The van der Waals surface area contributed by atoms with Crippen molar-refractivity contribution < 1.29 is 26.7 Å². The van der Waals surface area contributed by atoms with E-state index in [4.69, 9.17) is 4.74 Å². The number of carbonyl (C=O) groups excluding carboxylic acids is 1. The molecule has 36 heavy (non-hydrogen) atoms. The Morgan fingerprint density at radius 3 is 2.56 bits per heavy atom. The smallest absolute Gasteiger partial charge is 0.253 e. The molecule has 0 radical (unpaired) electrons. The predicted octanol–water partition coefficient (Wildman–Crippen LogP) is 2.63. The molecule has 1 unspecified atom stereocenters. The summed E-state index contributed by atoms with van der Waals surface area (Å²) in [7, 11) is -3.16. The molecule has 0 saturated carbocycles. The molecule has 10 nitrogen and oxygen atoms in total. The molecule has 1 aromatic carbocycles. The van der Waals surface area contributed by atoms with Crippen molar-refractivity contribution in [1.82, 2.24) is 30.0 Å². The molecule has 3 aromatic heterocycles. The van der Waals surface area contributed by atoms with Crippen molar-refractivity contribution in [3.05, 3.63) is 60.3 Å². The van der Waals surface area contributed by atoms with Gasteiger partial charge in [0.05, 0.1) is 40.5 Å². The number of rotatable bonds is 6. The van der Waals surface area contributed by atoms with Crippen LogP contribution in [0.2, 0.25) is 0 Å². The molecular formula is C23H20F2N6O4S. The van der Waals surface area contributed by atoms with Crippen LogP contribution in [0, 0.1) is 5.82 Å². The molecule has 1 saturated heterocycles. The number of nitrogens with zero attached hydrogens (tertiary/aromatic N) is 5. The predicted molar refractivity (Wildman–Crippen MR) is 126 cm³/mol. The third-order valence-electron chi connectivity index (χ3n) is 5.48. The van der Waals surface area contributed by atoms with Gasteiger partial charge in [-0.1, -0.05) is 12.1 Å². The first-order chi connectivity index (χ1) is 17.0. The lowest BCUT2D eigenvalue weighted by Crippen LogP contribution is -2.63. The summed E-state index contributed by atoms with van der Waals surface area (Å²) in [5.41, 5.74) is 0.939. The van der Waals surface area contributed by atoms with Gasteiger partial charge in [-0.2, -0.15) is 9.78 Å². The van der Waals surface area contributed by atoms with Crippen LogP contribution in [0.3, 0.4) is 0 Å². The largest absolute Gasteiger partial charge is 0.461 e. The number of amides is 1. The summed E-state index contributed by atoms with van der Waals surface area (Å²) in [6, 6.07) is 8.10. The quantitative estimate of drug-likeness (QED) is 0.416. The number of hydrogen-bond acceptors (Lipinski definition) is 8. The van der Waals surface area contributed by atoms with Crippen LogP contribution >= 0.6 is 0 Å². The molecule has 4 aromatic rings. The van der Waals surface area contributed by atoms with E-state index in [0.29, 0.717) is 22.3 Å². The summed E-state index contributed by atoms with van der Waals surface area (Å²) in [6.45, 7) is 2.91. The number of benzene rings is 1. The van der Waals surface area contributed by atoms with Crippen molar-refractivity contribution in [1.29, 1.82) is 0 Å². The maximum Gasteiger partial charge on any atom is 0.253 e. The highest BCUT2D eigenvalue weighted by molar-refractivity contribution is 7.93. The Labute approximate surface area is 204 Å². The lowest BCUT2D eigenvalue weighted by molar-refractivity contribution is 0.0860. The van der Waals surface area contributed by atoms with Gasteiger partial charge in [0.2, 0.25) is 6.36 Å². The monoisotopic (exact) mass is 514 g/mol. The van der Waals surface area contributed by atoms with Crippen molar-refractivity contribution in [2.45, 2.75) is 25.7 Å². The Kier molecular flexibility index (Phi) is 5.66. The number of hydrogen-bond donors (Lipinski definition) is 1. The zero-order valence-corrected chi connectivity index (χ0v) is 20.0. The average Bonchev–Trinajstić information content (AvgIpc) is 3.16. The Morgan fingerprint density at radius 2 is 1.89 bits per heavy atom. The van der Waals surface area contributed by atoms with Crippen LogP contribution in [0.1, 0.15) is 24.2 Å². The number of halogens is 2. The molecule has 0 spiro atoms. The molecule has 1 atom stereocenters. The zero-order valence-electron chi connectivity index (χ0n) is 19.1. The van der Waals surface area contributed by atoms with Crippen LogP contribution in [0.15, 0.2) is 48.9 Å². The number of pyridine rings is 1. The number of carbonyl (C=O) groups is 1. The van der Waals surface area contributed by atoms with Gasteiger partial charge in [0, 0.05) is 18.7 Å². The van der Waals surface area contributed by atoms with Gasteiger partial charge >= 0.3 is 0 Å². The molecule has 13 heteroatoms. The summed E-state index contributed by atoms with van der Waals surface area (Å²) in [5.74, 6) is -1.13. The van der Waals surface area contributed by atoms with Crippen LogP contribution in [0.25, 0.3) is 28.2 Å². The number of fused-ring (bicyclic) bond motifs is 1. The second-order valence-electron chi connectivity index (χ2n) is 8.79. The second-order valence-corrected chi connectivity index (χ2v) is 10.9. The number of nitrogens with one attached hydrogen (secondary N) is 1. The fraction of sp³-hybridized carbons (Fsp3) is 0.261. The molecule has 4 heterocycles. The third kappa shape index (κ3) is 4.61. The van der Waals surface area contributed by atoms with E-state index in [1.54, 1.807) is 31.2 Å². The summed E-state index contributed by atoms with van der Waals surface area (Å²) < 4.78 is 56.5. The van der Waals surface area contributed by atoms with E-state index in [-0.39, 0.29) is 28.8 Å². The second kappa shape index (κ2) is 8.59. The Bertz CT molecular complexity index is 1580. The van der Waals surface area contributed by atoms with Crippen LogP contribution in [0.5, 0.6) is 5.75 Å². The van der Waals surface area contributed by atoms with Gasteiger partial charge in [-0.3, -0.25) is 9.78 Å². The fourth-order valence-corrected chi connectivity index (χ4v) is 6.14. The molecule has 1 fully saturated rings. The van der Waals surface area contributed by atoms with Gasteiger partial charge < -0.3 is 10.1 Å². The van der Waals surface area contributed by atoms with Crippen molar-refractivity contribution in [3.8, 4) is 23.0 Å². The molecule has 186 valence electrons. The Balaban J connectivity index is 1.59. The normalized spacial score (nSPS) is 16.8. The van der Waals surface area contributed by atoms with E-state index in [2.05, 4.69) is 25.4 Å². The maximum atomic E-state index is 13.4.